The van der Waals surface area contributed by atoms with Gasteiger partial charge in [0.25, 0.3) is 5.56 Å². The average molecular weight is 543 g/mol. The van der Waals surface area contributed by atoms with Crippen molar-refractivity contribution in [1.29, 1.82) is 0 Å². The molecule has 2 aromatic rings. The topological polar surface area (TPSA) is 77.2 Å². The van der Waals surface area contributed by atoms with Crippen molar-refractivity contribution < 1.29 is 18.0 Å². The van der Waals surface area contributed by atoms with Crippen molar-refractivity contribution in [2.45, 2.75) is 32.5 Å². The summed E-state index contributed by atoms with van der Waals surface area (Å²) in [5, 5.41) is 5.01. The highest BCUT2D eigenvalue weighted by atomic mass is 35.5. The van der Waals surface area contributed by atoms with Crippen LogP contribution in [0.4, 0.5) is 35.0 Å². The maximum absolute atomic E-state index is 13.1. The Morgan fingerprint density at radius 3 is 2.50 bits per heavy atom. The summed E-state index contributed by atoms with van der Waals surface area (Å²) in [7, 11) is 1.88. The maximum atomic E-state index is 13.1. The van der Waals surface area contributed by atoms with E-state index in [0.29, 0.717) is 17.7 Å². The highest BCUT2D eigenvalue weighted by Gasteiger charge is 2.31. The van der Waals surface area contributed by atoms with E-state index >= 15 is 0 Å². The Bertz CT molecular complexity index is 1500. The number of H-pyrrole nitrogens is 1. The number of hydrogen-bond donors (Lipinski definition) is 3. The van der Waals surface area contributed by atoms with E-state index < -0.39 is 17.8 Å². The van der Waals surface area contributed by atoms with Crippen molar-refractivity contribution in [2.24, 2.45) is 0 Å². The smallest absolute Gasteiger partial charge is 0.367 e. The van der Waals surface area contributed by atoms with Crippen LogP contribution in [0, 0.1) is 6.92 Å². The lowest BCUT2D eigenvalue weighted by molar-refractivity contribution is -0.137. The van der Waals surface area contributed by atoms with Gasteiger partial charge in [-0.1, -0.05) is 48.9 Å². The number of aromatic amines is 1. The fourth-order valence-corrected chi connectivity index (χ4v) is 4.69. The number of fused-ring (bicyclic) bond motifs is 1. The van der Waals surface area contributed by atoms with E-state index in [0.717, 1.165) is 40.7 Å². The number of urea groups is 1. The minimum absolute atomic E-state index is 0.0242. The third-order valence-corrected chi connectivity index (χ3v) is 6.73. The van der Waals surface area contributed by atoms with Gasteiger partial charge in [0.2, 0.25) is 0 Å². The monoisotopic (exact) mass is 542 g/mol. The lowest BCUT2D eigenvalue weighted by Gasteiger charge is -2.31. The first-order chi connectivity index (χ1) is 18.0. The fraction of sp³-hybridized carbons (Fsp3) is 0.214. The molecule has 1 heterocycles. The zero-order chi connectivity index (χ0) is 27.6. The molecule has 2 amide bonds. The minimum atomic E-state index is -4.57. The summed E-state index contributed by atoms with van der Waals surface area (Å²) in [6, 6.07) is 16.4. The Kier molecular flexibility index (Phi) is 7.68. The van der Waals surface area contributed by atoms with E-state index in [-0.39, 0.29) is 22.3 Å². The highest BCUT2D eigenvalue weighted by molar-refractivity contribution is 6.33. The van der Waals surface area contributed by atoms with Gasteiger partial charge in [0.15, 0.2) is 0 Å². The number of aryl methyl sites for hydroxylation is 1. The summed E-state index contributed by atoms with van der Waals surface area (Å²) in [5.74, 6) is 0. The Balaban J connectivity index is 1.59. The summed E-state index contributed by atoms with van der Waals surface area (Å²) in [6.07, 6.45) is -3.93. The summed E-state index contributed by atoms with van der Waals surface area (Å²) in [4.78, 5) is 30.5. The second-order valence-electron chi connectivity index (χ2n) is 8.91. The molecular weight excluding hydrogens is 517 g/mol. The molecule has 38 heavy (non-hydrogen) atoms. The molecule has 10 heteroatoms. The predicted molar refractivity (Wildman–Crippen MR) is 145 cm³/mol. The van der Waals surface area contributed by atoms with Crippen LogP contribution in [0.25, 0.3) is 11.3 Å². The van der Waals surface area contributed by atoms with E-state index in [1.54, 1.807) is 12.1 Å². The van der Waals surface area contributed by atoms with Crippen LogP contribution >= 0.6 is 11.6 Å². The number of aromatic nitrogens is 1. The predicted octanol–water partition coefficient (Wildman–Crippen LogP) is 7.69. The molecule has 0 saturated heterocycles. The second kappa shape index (κ2) is 10.8. The largest absolute Gasteiger partial charge is 0.416 e. The number of carbonyl (C=O) groups is 1. The first kappa shape index (κ1) is 27.1. The molecule has 0 spiro atoms. The first-order valence-corrected chi connectivity index (χ1v) is 12.3. The molecule has 0 radical (unpaired) electrons. The first-order valence-electron chi connectivity index (χ1n) is 11.9. The van der Waals surface area contributed by atoms with Crippen LogP contribution in [-0.4, -0.2) is 18.1 Å². The number of hydrogen-bond acceptors (Lipinski definition) is 3. The number of halogens is 4. The van der Waals surface area contributed by atoms with Gasteiger partial charge in [0.1, 0.15) is 0 Å². The standard InChI is InChI=1S/C28H26ClF3N4O2/c1-4-23(25-19-8-6-5-7-9-21(19)34-26(25)37)36(3)24-15-18(12-10-16(24)2)33-27(38)35-22-14-17(28(30,31)32)11-13-20(22)29/h5-15,23H,4H2,1-3H3,(H,34,37)(H2,33,35,38). The van der Waals surface area contributed by atoms with Gasteiger partial charge in [-0.15, -0.1) is 0 Å². The summed E-state index contributed by atoms with van der Waals surface area (Å²) in [5.41, 5.74) is 3.10. The molecule has 1 aliphatic heterocycles. The van der Waals surface area contributed by atoms with E-state index in [4.69, 9.17) is 11.6 Å². The molecule has 3 N–H and O–H groups in total. The molecule has 1 unspecified atom stereocenters. The molecule has 198 valence electrons. The third kappa shape index (κ3) is 5.62. The molecule has 6 nitrogen and oxygen atoms in total. The van der Waals surface area contributed by atoms with Gasteiger partial charge in [-0.2, -0.15) is 13.2 Å². The number of benzene rings is 2. The molecule has 0 bridgehead atoms. The van der Waals surface area contributed by atoms with Crippen molar-refractivity contribution in [3.05, 3.63) is 98.8 Å². The number of alkyl halides is 3. The molecule has 4 rings (SSSR count). The molecular formula is C28H26ClF3N4O2. The van der Waals surface area contributed by atoms with E-state index in [2.05, 4.69) is 15.6 Å². The van der Waals surface area contributed by atoms with Crippen LogP contribution < -0.4 is 21.1 Å². The molecule has 0 saturated carbocycles. The maximum Gasteiger partial charge on any atom is 0.416 e. The van der Waals surface area contributed by atoms with Crippen LogP contribution in [0.5, 0.6) is 0 Å². The number of anilines is 3. The Labute approximate surface area is 222 Å². The summed E-state index contributed by atoms with van der Waals surface area (Å²) < 4.78 is 39.2. The van der Waals surface area contributed by atoms with Gasteiger partial charge in [-0.25, -0.2) is 4.79 Å². The van der Waals surface area contributed by atoms with Crippen LogP contribution in [0.2, 0.25) is 5.02 Å². The molecule has 0 fully saturated rings. The van der Waals surface area contributed by atoms with Gasteiger partial charge in [-0.3, -0.25) is 4.79 Å². The lowest BCUT2D eigenvalue weighted by Crippen LogP contribution is -2.28. The zero-order valence-electron chi connectivity index (χ0n) is 20.9. The van der Waals surface area contributed by atoms with Crippen LogP contribution in [0.1, 0.15) is 36.1 Å². The number of nitrogens with one attached hydrogen (secondary N) is 3. The molecule has 2 aliphatic rings. The quantitative estimate of drug-likeness (QED) is 0.234. The Morgan fingerprint density at radius 2 is 1.79 bits per heavy atom. The Morgan fingerprint density at radius 1 is 1.05 bits per heavy atom. The van der Waals surface area contributed by atoms with E-state index in [9.17, 15) is 22.8 Å². The number of amides is 2. The van der Waals surface area contributed by atoms with Crippen molar-refractivity contribution >= 4 is 34.7 Å². The highest BCUT2D eigenvalue weighted by Crippen LogP contribution is 2.36. The van der Waals surface area contributed by atoms with Gasteiger partial charge >= 0.3 is 12.2 Å². The van der Waals surface area contributed by atoms with Gasteiger partial charge in [0, 0.05) is 35.2 Å². The molecule has 1 atom stereocenters. The van der Waals surface area contributed by atoms with Gasteiger partial charge in [-0.05, 0) is 55.3 Å². The fourth-order valence-electron chi connectivity index (χ4n) is 4.52. The van der Waals surface area contributed by atoms with Gasteiger partial charge < -0.3 is 20.5 Å². The summed E-state index contributed by atoms with van der Waals surface area (Å²) in [6.45, 7) is 3.91. The average Bonchev–Trinajstić information content (AvgIpc) is 3.00. The van der Waals surface area contributed by atoms with Gasteiger partial charge in [0.05, 0.1) is 22.3 Å². The van der Waals surface area contributed by atoms with Crippen molar-refractivity contribution in [1.82, 2.24) is 4.98 Å². The van der Waals surface area contributed by atoms with E-state index in [1.165, 1.54) is 0 Å². The van der Waals surface area contributed by atoms with E-state index in [1.807, 2.05) is 62.2 Å². The lowest BCUT2D eigenvalue weighted by atomic mass is 9.98. The minimum Gasteiger partial charge on any atom is -0.367 e. The van der Waals surface area contributed by atoms with Crippen LogP contribution in [-0.2, 0) is 6.18 Å². The number of carbonyl (C=O) groups excluding carboxylic acids is 1. The zero-order valence-corrected chi connectivity index (χ0v) is 21.7. The molecule has 2 aromatic carbocycles. The van der Waals surface area contributed by atoms with Crippen molar-refractivity contribution in [3.63, 3.8) is 0 Å². The van der Waals surface area contributed by atoms with Crippen LogP contribution in [0.15, 0.2) is 71.5 Å². The molecule has 0 aromatic heterocycles. The number of nitrogens with zero attached hydrogens (tertiary/aromatic N) is 1. The Hall–Kier alpha value is -3.98. The molecule has 1 aliphatic carbocycles. The van der Waals surface area contributed by atoms with Crippen molar-refractivity contribution in [3.8, 4) is 11.3 Å². The van der Waals surface area contributed by atoms with Crippen LogP contribution in [0.3, 0.4) is 0 Å². The normalized spacial score (nSPS) is 12.3. The summed E-state index contributed by atoms with van der Waals surface area (Å²) >= 11 is 6.00. The van der Waals surface area contributed by atoms with Crippen molar-refractivity contribution in [2.75, 3.05) is 22.6 Å². The number of rotatable bonds is 6. The second-order valence-corrected chi connectivity index (χ2v) is 9.32. The SMILES string of the molecule is CCC(c1c2cccccc-2[nH]c1=O)N(C)c1cc(NC(=O)Nc2cc(C(F)(F)F)ccc2Cl)ccc1C. The third-order valence-electron chi connectivity index (χ3n) is 6.40.